The lowest BCUT2D eigenvalue weighted by Gasteiger charge is -1.99. The Morgan fingerprint density at radius 3 is 3.06 bits per heavy atom. The lowest BCUT2D eigenvalue weighted by atomic mass is 10.2. The standard InChI is InChI=1S/C13H15N3O2/c1-8-2-5-10(18-8)7-14-13(17)12-6-11(15-16-12)9-3-4-9/h2,5-6,9H,3-4,7H2,1H3,(H,14,17)(H,15,16). The maximum absolute atomic E-state index is 11.8. The number of aryl methyl sites for hydroxylation is 1. The molecule has 0 spiro atoms. The highest BCUT2D eigenvalue weighted by Gasteiger charge is 2.26. The first kappa shape index (κ1) is 11.1. The van der Waals surface area contributed by atoms with E-state index in [1.165, 1.54) is 12.8 Å². The Morgan fingerprint density at radius 2 is 2.39 bits per heavy atom. The second kappa shape index (κ2) is 4.33. The first-order valence-corrected chi connectivity index (χ1v) is 6.11. The van der Waals surface area contributed by atoms with Gasteiger partial charge in [-0.05, 0) is 38.0 Å². The number of aromatic amines is 1. The van der Waals surface area contributed by atoms with Gasteiger partial charge in [-0.3, -0.25) is 9.89 Å². The summed E-state index contributed by atoms with van der Waals surface area (Å²) < 4.78 is 5.38. The van der Waals surface area contributed by atoms with Crippen LogP contribution in [0.4, 0.5) is 0 Å². The van der Waals surface area contributed by atoms with E-state index >= 15 is 0 Å². The Bertz CT molecular complexity index is 566. The van der Waals surface area contributed by atoms with Crippen molar-refractivity contribution < 1.29 is 9.21 Å². The molecule has 0 radical (unpaired) electrons. The van der Waals surface area contributed by atoms with Crippen LogP contribution in [0.25, 0.3) is 0 Å². The maximum atomic E-state index is 11.8. The Labute approximate surface area is 105 Å². The van der Waals surface area contributed by atoms with E-state index in [1.807, 2.05) is 25.1 Å². The third-order valence-electron chi connectivity index (χ3n) is 3.07. The fourth-order valence-electron chi connectivity index (χ4n) is 1.89. The van der Waals surface area contributed by atoms with Crippen molar-refractivity contribution in [1.29, 1.82) is 0 Å². The van der Waals surface area contributed by atoms with Crippen LogP contribution in [-0.4, -0.2) is 16.1 Å². The number of nitrogens with one attached hydrogen (secondary N) is 2. The van der Waals surface area contributed by atoms with E-state index in [4.69, 9.17) is 4.42 Å². The van der Waals surface area contributed by atoms with Crippen LogP contribution in [0.2, 0.25) is 0 Å². The van der Waals surface area contributed by atoms with Crippen molar-refractivity contribution in [3.05, 3.63) is 41.1 Å². The van der Waals surface area contributed by atoms with Gasteiger partial charge in [0.25, 0.3) is 5.91 Å². The highest BCUT2D eigenvalue weighted by Crippen LogP contribution is 2.38. The third-order valence-corrected chi connectivity index (χ3v) is 3.07. The number of aromatic nitrogens is 2. The molecule has 0 unspecified atom stereocenters. The van der Waals surface area contributed by atoms with Crippen molar-refractivity contribution in [2.24, 2.45) is 0 Å². The van der Waals surface area contributed by atoms with Gasteiger partial charge in [-0.15, -0.1) is 0 Å². The topological polar surface area (TPSA) is 70.9 Å². The molecule has 0 saturated heterocycles. The normalized spacial score (nSPS) is 14.7. The minimum Gasteiger partial charge on any atom is -0.465 e. The van der Waals surface area contributed by atoms with Gasteiger partial charge in [0.1, 0.15) is 17.2 Å². The molecule has 1 aliphatic carbocycles. The summed E-state index contributed by atoms with van der Waals surface area (Å²) in [5.74, 6) is 1.99. The van der Waals surface area contributed by atoms with Crippen molar-refractivity contribution in [2.75, 3.05) is 0 Å². The molecular weight excluding hydrogens is 230 g/mol. The summed E-state index contributed by atoms with van der Waals surface area (Å²) in [6.45, 7) is 2.26. The summed E-state index contributed by atoms with van der Waals surface area (Å²) in [7, 11) is 0. The minimum absolute atomic E-state index is 0.174. The summed E-state index contributed by atoms with van der Waals surface area (Å²) in [6, 6.07) is 5.57. The fraction of sp³-hybridized carbons (Fsp3) is 0.385. The summed E-state index contributed by atoms with van der Waals surface area (Å²) in [6.07, 6.45) is 2.38. The zero-order valence-electron chi connectivity index (χ0n) is 10.2. The Kier molecular flexibility index (Phi) is 2.66. The van der Waals surface area contributed by atoms with Gasteiger partial charge in [0.15, 0.2) is 0 Å². The predicted octanol–water partition coefficient (Wildman–Crippen LogP) is 2.12. The number of carbonyl (C=O) groups excluding carboxylic acids is 1. The van der Waals surface area contributed by atoms with E-state index in [-0.39, 0.29) is 5.91 Å². The molecule has 18 heavy (non-hydrogen) atoms. The van der Waals surface area contributed by atoms with Crippen LogP contribution in [0, 0.1) is 6.92 Å². The Morgan fingerprint density at radius 1 is 1.56 bits per heavy atom. The fourth-order valence-corrected chi connectivity index (χ4v) is 1.89. The second-order valence-electron chi connectivity index (χ2n) is 4.68. The molecule has 3 rings (SSSR count). The minimum atomic E-state index is -0.174. The van der Waals surface area contributed by atoms with Crippen LogP contribution in [0.15, 0.2) is 22.6 Å². The zero-order chi connectivity index (χ0) is 12.5. The maximum Gasteiger partial charge on any atom is 0.272 e. The number of hydrogen-bond acceptors (Lipinski definition) is 3. The van der Waals surface area contributed by atoms with Gasteiger partial charge in [-0.1, -0.05) is 0 Å². The molecule has 1 aliphatic rings. The number of rotatable bonds is 4. The highest BCUT2D eigenvalue weighted by molar-refractivity contribution is 5.92. The molecular formula is C13H15N3O2. The first-order valence-electron chi connectivity index (χ1n) is 6.11. The zero-order valence-corrected chi connectivity index (χ0v) is 10.2. The average molecular weight is 245 g/mol. The molecule has 2 N–H and O–H groups in total. The second-order valence-corrected chi connectivity index (χ2v) is 4.68. The van der Waals surface area contributed by atoms with E-state index < -0.39 is 0 Å². The predicted molar refractivity (Wildman–Crippen MR) is 65.2 cm³/mol. The Hall–Kier alpha value is -2.04. The Balaban J connectivity index is 1.59. The molecule has 2 aromatic rings. The monoisotopic (exact) mass is 245 g/mol. The molecule has 2 aromatic heterocycles. The number of amides is 1. The molecule has 0 atom stereocenters. The van der Waals surface area contributed by atoms with Crippen molar-refractivity contribution >= 4 is 5.91 Å². The van der Waals surface area contributed by atoms with E-state index in [9.17, 15) is 4.79 Å². The van der Waals surface area contributed by atoms with Crippen LogP contribution in [0.1, 0.15) is 46.5 Å². The number of carbonyl (C=O) groups is 1. The smallest absolute Gasteiger partial charge is 0.272 e. The summed E-state index contributed by atoms with van der Waals surface area (Å²) in [4.78, 5) is 11.8. The quantitative estimate of drug-likeness (QED) is 0.866. The molecule has 1 fully saturated rings. The van der Waals surface area contributed by atoms with E-state index in [1.54, 1.807) is 0 Å². The van der Waals surface area contributed by atoms with Crippen LogP contribution in [0.5, 0.6) is 0 Å². The van der Waals surface area contributed by atoms with E-state index in [0.29, 0.717) is 18.2 Å². The average Bonchev–Trinajstić information content (AvgIpc) is 2.94. The summed E-state index contributed by atoms with van der Waals surface area (Å²) >= 11 is 0. The van der Waals surface area contributed by atoms with Crippen molar-refractivity contribution in [1.82, 2.24) is 15.5 Å². The van der Waals surface area contributed by atoms with Gasteiger partial charge < -0.3 is 9.73 Å². The molecule has 0 bridgehead atoms. The molecule has 2 heterocycles. The number of H-pyrrole nitrogens is 1. The molecule has 5 nitrogen and oxygen atoms in total. The molecule has 1 saturated carbocycles. The van der Waals surface area contributed by atoms with Crippen molar-refractivity contribution in [2.45, 2.75) is 32.2 Å². The van der Waals surface area contributed by atoms with Crippen molar-refractivity contribution in [3.8, 4) is 0 Å². The summed E-state index contributed by atoms with van der Waals surface area (Å²) in [5.41, 5.74) is 1.51. The van der Waals surface area contributed by atoms with Crippen LogP contribution in [-0.2, 0) is 6.54 Å². The van der Waals surface area contributed by atoms with E-state index in [0.717, 1.165) is 17.2 Å². The van der Waals surface area contributed by atoms with Gasteiger partial charge >= 0.3 is 0 Å². The molecule has 5 heteroatoms. The number of nitrogens with zero attached hydrogens (tertiary/aromatic N) is 1. The van der Waals surface area contributed by atoms with Crippen molar-refractivity contribution in [3.63, 3.8) is 0 Å². The number of furan rings is 1. The lowest BCUT2D eigenvalue weighted by Crippen LogP contribution is -2.22. The van der Waals surface area contributed by atoms with Gasteiger partial charge in [0, 0.05) is 11.6 Å². The first-order chi connectivity index (χ1) is 8.72. The van der Waals surface area contributed by atoms with E-state index in [2.05, 4.69) is 15.5 Å². The molecule has 1 amide bonds. The van der Waals surface area contributed by atoms with Crippen LogP contribution >= 0.6 is 0 Å². The largest absolute Gasteiger partial charge is 0.465 e. The van der Waals surface area contributed by atoms with Crippen LogP contribution < -0.4 is 5.32 Å². The van der Waals surface area contributed by atoms with Crippen LogP contribution in [0.3, 0.4) is 0 Å². The molecule has 94 valence electrons. The third kappa shape index (κ3) is 2.30. The van der Waals surface area contributed by atoms with Gasteiger partial charge in [-0.25, -0.2) is 0 Å². The van der Waals surface area contributed by atoms with Gasteiger partial charge in [-0.2, -0.15) is 5.10 Å². The lowest BCUT2D eigenvalue weighted by molar-refractivity contribution is 0.0943. The number of hydrogen-bond donors (Lipinski definition) is 2. The summed E-state index contributed by atoms with van der Waals surface area (Å²) in [5, 5.41) is 9.73. The van der Waals surface area contributed by atoms with Gasteiger partial charge in [0.2, 0.25) is 0 Å². The molecule has 0 aliphatic heterocycles. The molecule has 0 aromatic carbocycles. The highest BCUT2D eigenvalue weighted by atomic mass is 16.3. The van der Waals surface area contributed by atoms with Gasteiger partial charge in [0.05, 0.1) is 6.54 Å². The SMILES string of the molecule is Cc1ccc(CNC(=O)c2cc(C3CC3)[nH]n2)o1.